The number of aromatic hydroxyl groups is 1. The topological polar surface area (TPSA) is 155 Å². The number of hydrogen-bond donors (Lipinski definition) is 2. The zero-order valence-electron chi connectivity index (χ0n) is 27.8. The average molecular weight is 774 g/mol. The molecule has 0 bridgehead atoms. The number of phenols is 1. The van der Waals surface area contributed by atoms with Crippen molar-refractivity contribution in [3.63, 3.8) is 0 Å². The molecule has 6 unspecified atom stereocenters. The van der Waals surface area contributed by atoms with E-state index in [0.717, 1.165) is 7.11 Å². The fourth-order valence-corrected chi connectivity index (χ4v) is 8.74. The summed E-state index contributed by atoms with van der Waals surface area (Å²) in [7, 11) is 1.04. The number of phenolic OH excluding ortho intramolecular Hbond substituents is 1. The van der Waals surface area contributed by atoms with Crippen molar-refractivity contribution >= 4 is 58.7 Å². The van der Waals surface area contributed by atoms with Gasteiger partial charge >= 0.3 is 12.3 Å². The summed E-state index contributed by atoms with van der Waals surface area (Å²) in [4.78, 5) is 74.2. The molecule has 12 nitrogen and oxygen atoms in total. The molecule has 3 aromatic rings. The molecule has 2 aliphatic carbocycles. The van der Waals surface area contributed by atoms with E-state index in [2.05, 4.69) is 10.4 Å². The Hall–Kier alpha value is -5.15. The van der Waals surface area contributed by atoms with Crippen LogP contribution in [0.4, 0.5) is 23.8 Å². The summed E-state index contributed by atoms with van der Waals surface area (Å²) < 4.78 is 50.7. The maximum atomic E-state index is 15.2. The Kier molecular flexibility index (Phi) is 8.92. The van der Waals surface area contributed by atoms with Crippen LogP contribution in [0.1, 0.15) is 42.4 Å². The first kappa shape index (κ1) is 36.2. The number of alkyl halides is 3. The molecule has 2 saturated heterocycles. The van der Waals surface area contributed by atoms with Gasteiger partial charge in [0.15, 0.2) is 17.3 Å². The maximum absolute atomic E-state index is 15.2. The lowest BCUT2D eigenvalue weighted by molar-refractivity contribution is -0.140. The van der Waals surface area contributed by atoms with Crippen molar-refractivity contribution in [3.8, 4) is 11.5 Å². The molecule has 5 amide bonds. The van der Waals surface area contributed by atoms with Gasteiger partial charge in [-0.3, -0.25) is 24.6 Å². The number of fused-ring (bicyclic) bond motifs is 4. The number of aromatic nitrogens is 1. The fraction of sp³-hybridized carbons (Fsp3) is 0.333. The molecule has 2 aliphatic heterocycles. The van der Waals surface area contributed by atoms with E-state index in [4.69, 9.17) is 32.7 Å². The highest BCUT2D eigenvalue weighted by atomic mass is 35.5. The second-order valence-corrected chi connectivity index (χ2v) is 13.9. The van der Waals surface area contributed by atoms with Crippen LogP contribution in [0.25, 0.3) is 0 Å². The van der Waals surface area contributed by atoms with Crippen molar-refractivity contribution in [1.29, 1.82) is 0 Å². The first-order valence-electron chi connectivity index (χ1n) is 16.4. The number of methoxy groups -OCH3 is 1. The van der Waals surface area contributed by atoms with Gasteiger partial charge in [0.1, 0.15) is 0 Å². The van der Waals surface area contributed by atoms with Gasteiger partial charge in [0.2, 0.25) is 11.8 Å². The summed E-state index contributed by atoms with van der Waals surface area (Å²) in [6.45, 7) is 1.87. The van der Waals surface area contributed by atoms with E-state index in [1.54, 1.807) is 31.2 Å². The summed E-state index contributed by atoms with van der Waals surface area (Å²) in [5, 5.41) is 11.1. The Labute approximate surface area is 309 Å². The second kappa shape index (κ2) is 13.1. The first-order valence-corrected chi connectivity index (χ1v) is 17.2. The standard InChI is InChI=1S/C36H29Cl2F3N4O8/c1-3-53-26-12-16(4-11-25(26)46)28-20-9-10-21-27(32(49)44(30(21)47)34(51)52-2)22(20)14-23-31(48)45(33(50)35(23,28)17-5-7-19(37)8-6-17)43-29-24(38)13-18(15-42-29)36(39,40)41/h4-9,11-13,15,21-23,27-28,46H,3,10,14H2,1-2H3,(H,42,43). The molecule has 7 rings (SSSR count). The van der Waals surface area contributed by atoms with Crippen molar-refractivity contribution < 1.29 is 51.7 Å². The molecule has 4 aliphatic rings. The van der Waals surface area contributed by atoms with Crippen molar-refractivity contribution in [1.82, 2.24) is 14.9 Å². The first-order chi connectivity index (χ1) is 25.1. The van der Waals surface area contributed by atoms with Crippen LogP contribution in [0.2, 0.25) is 10.0 Å². The van der Waals surface area contributed by atoms with Crippen LogP contribution in [0.5, 0.6) is 11.5 Å². The van der Waals surface area contributed by atoms with Crippen molar-refractivity contribution in [2.45, 2.75) is 37.3 Å². The van der Waals surface area contributed by atoms with Crippen LogP contribution in [0.3, 0.4) is 0 Å². The summed E-state index contributed by atoms with van der Waals surface area (Å²) in [5.41, 5.74) is 0.851. The highest BCUT2D eigenvalue weighted by Gasteiger charge is 2.70. The van der Waals surface area contributed by atoms with E-state index >= 15 is 4.79 Å². The Balaban J connectivity index is 1.45. The fourth-order valence-electron chi connectivity index (χ4n) is 8.41. The number of nitrogens with zero attached hydrogens (tertiary/aromatic N) is 3. The van der Waals surface area contributed by atoms with Crippen LogP contribution < -0.4 is 10.2 Å². The number of anilines is 1. The predicted molar refractivity (Wildman–Crippen MR) is 180 cm³/mol. The molecular formula is C36H29Cl2F3N4O8. The lowest BCUT2D eigenvalue weighted by Crippen LogP contribution is -2.53. The number of hydrazine groups is 1. The molecule has 6 atom stereocenters. The van der Waals surface area contributed by atoms with Crippen molar-refractivity contribution in [2.75, 3.05) is 19.1 Å². The number of pyridine rings is 1. The maximum Gasteiger partial charge on any atom is 0.423 e. The van der Waals surface area contributed by atoms with E-state index < -0.39 is 87.3 Å². The molecule has 17 heteroatoms. The number of carbonyl (C=O) groups excluding carboxylic acids is 5. The minimum absolute atomic E-state index is 0.0119. The summed E-state index contributed by atoms with van der Waals surface area (Å²) >= 11 is 12.5. The van der Waals surface area contributed by atoms with Crippen LogP contribution in [0.15, 0.2) is 66.4 Å². The van der Waals surface area contributed by atoms with Gasteiger partial charge < -0.3 is 14.6 Å². The van der Waals surface area contributed by atoms with Crippen LogP contribution >= 0.6 is 23.2 Å². The smallest absolute Gasteiger partial charge is 0.423 e. The number of amides is 5. The van der Waals surface area contributed by atoms with E-state index in [9.17, 15) is 37.5 Å². The Morgan fingerprint density at radius 1 is 1.04 bits per heavy atom. The minimum atomic E-state index is -4.77. The lowest BCUT2D eigenvalue weighted by atomic mass is 9.49. The quantitative estimate of drug-likeness (QED) is 0.217. The van der Waals surface area contributed by atoms with Gasteiger partial charge in [-0.1, -0.05) is 53.1 Å². The van der Waals surface area contributed by atoms with Crippen LogP contribution in [-0.2, 0) is 35.5 Å². The summed E-state index contributed by atoms with van der Waals surface area (Å²) in [5.74, 6) is -9.02. The highest BCUT2D eigenvalue weighted by Crippen LogP contribution is 2.64. The van der Waals surface area contributed by atoms with E-state index in [0.29, 0.717) is 43.9 Å². The average Bonchev–Trinajstić information content (AvgIpc) is 3.50. The Bertz CT molecular complexity index is 2110. The number of benzene rings is 2. The number of rotatable bonds is 6. The molecule has 3 fully saturated rings. The molecule has 3 heterocycles. The zero-order valence-corrected chi connectivity index (χ0v) is 29.3. The second-order valence-electron chi connectivity index (χ2n) is 13.1. The normalized spacial score (nSPS) is 26.5. The lowest BCUT2D eigenvalue weighted by Gasteiger charge is -2.50. The van der Waals surface area contributed by atoms with Gasteiger partial charge in [-0.05, 0) is 67.1 Å². The van der Waals surface area contributed by atoms with Gasteiger partial charge in [-0.2, -0.15) is 23.1 Å². The number of imide groups is 4. The van der Waals surface area contributed by atoms with Gasteiger partial charge in [0, 0.05) is 17.1 Å². The van der Waals surface area contributed by atoms with E-state index in [1.807, 2.05) is 0 Å². The minimum Gasteiger partial charge on any atom is -0.504 e. The number of ether oxygens (including phenoxy) is 2. The Morgan fingerprint density at radius 3 is 2.40 bits per heavy atom. The summed E-state index contributed by atoms with van der Waals surface area (Å²) in [6.07, 6.45) is -3.83. The van der Waals surface area contributed by atoms with Gasteiger partial charge in [-0.25, -0.2) is 9.78 Å². The number of hydrogen-bond acceptors (Lipinski definition) is 10. The monoisotopic (exact) mass is 772 g/mol. The van der Waals surface area contributed by atoms with Crippen molar-refractivity contribution in [3.05, 3.63) is 93.1 Å². The number of halogens is 5. The molecule has 1 aromatic heterocycles. The number of allylic oxidation sites excluding steroid dienone is 2. The largest absolute Gasteiger partial charge is 0.504 e. The zero-order chi connectivity index (χ0) is 38.1. The van der Waals surface area contributed by atoms with Gasteiger partial charge in [-0.15, -0.1) is 0 Å². The SMILES string of the molecule is CCOc1cc(C2C3=CCC4C(=O)N(C(=O)OC)C(=O)C4C3CC3C(=O)N(Nc4ncc(C(F)(F)F)cc4Cl)C(=O)C32c2ccc(Cl)cc2)ccc1O. The van der Waals surface area contributed by atoms with Crippen molar-refractivity contribution in [2.24, 2.45) is 23.7 Å². The van der Waals surface area contributed by atoms with Gasteiger partial charge in [0.05, 0.1) is 47.5 Å². The molecule has 276 valence electrons. The summed E-state index contributed by atoms with van der Waals surface area (Å²) in [6, 6.07) is 11.3. The highest BCUT2D eigenvalue weighted by molar-refractivity contribution is 6.33. The molecule has 1 saturated carbocycles. The third-order valence-electron chi connectivity index (χ3n) is 10.5. The predicted octanol–water partition coefficient (Wildman–Crippen LogP) is 6.26. The van der Waals surface area contributed by atoms with Crippen LogP contribution in [-0.4, -0.2) is 63.4 Å². The molecular weight excluding hydrogens is 744 g/mol. The number of likely N-dealkylation sites (tertiary alicyclic amines) is 1. The van der Waals surface area contributed by atoms with E-state index in [1.165, 1.54) is 24.3 Å². The third kappa shape index (κ3) is 5.50. The van der Waals surface area contributed by atoms with E-state index in [-0.39, 0.29) is 30.9 Å². The Morgan fingerprint density at radius 2 is 1.75 bits per heavy atom. The number of nitrogens with one attached hydrogen (secondary N) is 1. The van der Waals surface area contributed by atoms with Crippen LogP contribution in [0, 0.1) is 23.7 Å². The molecule has 53 heavy (non-hydrogen) atoms. The molecule has 2 N–H and O–H groups in total. The molecule has 2 aromatic carbocycles. The molecule has 0 spiro atoms. The molecule has 0 radical (unpaired) electrons. The van der Waals surface area contributed by atoms with Gasteiger partial charge in [0.25, 0.3) is 11.8 Å². The third-order valence-corrected chi connectivity index (χ3v) is 11.1. The number of carbonyl (C=O) groups is 5.